The van der Waals surface area contributed by atoms with Gasteiger partial charge in [-0.2, -0.15) is 0 Å². The predicted molar refractivity (Wildman–Crippen MR) is 86.4 cm³/mol. The van der Waals surface area contributed by atoms with Crippen LogP contribution in [0.15, 0.2) is 35.7 Å². The molecule has 0 aliphatic carbocycles. The number of amides is 1. The van der Waals surface area contributed by atoms with E-state index in [0.717, 1.165) is 11.0 Å². The van der Waals surface area contributed by atoms with Gasteiger partial charge in [-0.1, -0.05) is 17.3 Å². The molecule has 2 aromatic heterocycles. The smallest absolute Gasteiger partial charge is 0.341 e. The van der Waals surface area contributed by atoms with E-state index in [0.29, 0.717) is 10.6 Å². The molecule has 0 aliphatic rings. The van der Waals surface area contributed by atoms with Crippen LogP contribution >= 0.6 is 11.3 Å². The molecule has 23 heavy (non-hydrogen) atoms. The fraction of sp³-hybridized carbons (Fsp3) is 0.200. The van der Waals surface area contributed by atoms with E-state index in [2.05, 4.69) is 15.6 Å². The van der Waals surface area contributed by atoms with E-state index < -0.39 is 5.97 Å². The monoisotopic (exact) mass is 330 g/mol. The highest BCUT2D eigenvalue weighted by atomic mass is 32.1. The van der Waals surface area contributed by atoms with Crippen molar-refractivity contribution < 1.29 is 14.3 Å². The quantitative estimate of drug-likeness (QED) is 0.726. The van der Waals surface area contributed by atoms with Gasteiger partial charge in [0.25, 0.3) is 0 Å². The van der Waals surface area contributed by atoms with Gasteiger partial charge >= 0.3 is 5.97 Å². The van der Waals surface area contributed by atoms with Crippen LogP contribution in [0.4, 0.5) is 5.00 Å². The van der Waals surface area contributed by atoms with Gasteiger partial charge in [-0.15, -0.1) is 16.4 Å². The summed E-state index contributed by atoms with van der Waals surface area (Å²) in [6.07, 6.45) is 0. The van der Waals surface area contributed by atoms with Crippen LogP contribution in [-0.2, 0) is 16.1 Å². The van der Waals surface area contributed by atoms with Crippen LogP contribution in [0.1, 0.15) is 17.3 Å². The van der Waals surface area contributed by atoms with Gasteiger partial charge in [0.05, 0.1) is 17.7 Å². The lowest BCUT2D eigenvalue weighted by Crippen LogP contribution is -2.20. The average molecular weight is 330 g/mol. The van der Waals surface area contributed by atoms with Crippen LogP contribution in [0.3, 0.4) is 0 Å². The highest BCUT2D eigenvalue weighted by Crippen LogP contribution is 2.24. The maximum atomic E-state index is 12.2. The van der Waals surface area contributed by atoms with Gasteiger partial charge in [0.2, 0.25) is 5.91 Å². The maximum Gasteiger partial charge on any atom is 0.341 e. The van der Waals surface area contributed by atoms with Gasteiger partial charge in [-0.25, -0.2) is 9.48 Å². The predicted octanol–water partition coefficient (Wildman–Crippen LogP) is 2.31. The third-order valence-electron chi connectivity index (χ3n) is 3.13. The molecule has 0 aliphatic heterocycles. The summed E-state index contributed by atoms with van der Waals surface area (Å²) in [5, 5.41) is 12.9. The number of anilines is 1. The Hall–Kier alpha value is -2.74. The van der Waals surface area contributed by atoms with E-state index in [-0.39, 0.29) is 19.1 Å². The van der Waals surface area contributed by atoms with Crippen LogP contribution in [0, 0.1) is 0 Å². The number of nitrogens with one attached hydrogen (secondary N) is 1. The minimum atomic E-state index is -0.449. The van der Waals surface area contributed by atoms with Crippen LogP contribution in [-0.4, -0.2) is 33.5 Å². The first-order chi connectivity index (χ1) is 11.2. The number of nitrogens with zero attached hydrogens (tertiary/aromatic N) is 3. The van der Waals surface area contributed by atoms with Crippen LogP contribution < -0.4 is 5.32 Å². The lowest BCUT2D eigenvalue weighted by molar-refractivity contribution is -0.116. The fourth-order valence-electron chi connectivity index (χ4n) is 2.11. The largest absolute Gasteiger partial charge is 0.462 e. The fourth-order valence-corrected chi connectivity index (χ4v) is 2.90. The lowest BCUT2D eigenvalue weighted by atomic mass is 10.3. The second kappa shape index (κ2) is 6.57. The number of hydrogen-bond acceptors (Lipinski definition) is 6. The zero-order chi connectivity index (χ0) is 16.2. The molecule has 0 radical (unpaired) electrons. The molecule has 0 unspecified atom stereocenters. The summed E-state index contributed by atoms with van der Waals surface area (Å²) in [6, 6.07) is 9.02. The van der Waals surface area contributed by atoms with Crippen molar-refractivity contribution >= 4 is 39.2 Å². The number of rotatable bonds is 5. The Labute approximate surface area is 135 Å². The molecule has 3 rings (SSSR count). The van der Waals surface area contributed by atoms with Gasteiger partial charge in [-0.05, 0) is 30.5 Å². The van der Waals surface area contributed by atoms with Gasteiger partial charge in [-0.3, -0.25) is 4.79 Å². The normalized spacial score (nSPS) is 10.7. The van der Waals surface area contributed by atoms with E-state index in [1.54, 1.807) is 18.4 Å². The van der Waals surface area contributed by atoms with Crippen LogP contribution in [0.25, 0.3) is 11.0 Å². The van der Waals surface area contributed by atoms with Crippen molar-refractivity contribution in [2.24, 2.45) is 0 Å². The standard InChI is InChI=1S/C15H14N4O3S/c1-2-22-15(21)10-7-8-23-14(10)16-13(20)9-19-12-6-4-3-5-11(12)17-18-19/h3-8H,2,9H2,1H3,(H,16,20). The van der Waals surface area contributed by atoms with Gasteiger partial charge < -0.3 is 10.1 Å². The van der Waals surface area contributed by atoms with E-state index in [1.165, 1.54) is 16.0 Å². The summed E-state index contributed by atoms with van der Waals surface area (Å²) < 4.78 is 6.48. The number of esters is 1. The Kier molecular flexibility index (Phi) is 4.33. The first-order valence-electron chi connectivity index (χ1n) is 7.01. The highest BCUT2D eigenvalue weighted by molar-refractivity contribution is 7.14. The Bertz CT molecular complexity index is 855. The molecule has 0 saturated heterocycles. The Morgan fingerprint density at radius 2 is 2.13 bits per heavy atom. The number of benzene rings is 1. The first kappa shape index (κ1) is 15.2. The van der Waals surface area contributed by atoms with Gasteiger partial charge in [0, 0.05) is 0 Å². The highest BCUT2D eigenvalue weighted by Gasteiger charge is 2.16. The summed E-state index contributed by atoms with van der Waals surface area (Å²) in [4.78, 5) is 24.0. The topological polar surface area (TPSA) is 86.1 Å². The Morgan fingerprint density at radius 3 is 2.96 bits per heavy atom. The van der Waals surface area contributed by atoms with Crippen molar-refractivity contribution in [3.63, 3.8) is 0 Å². The van der Waals surface area contributed by atoms with Crippen LogP contribution in [0.2, 0.25) is 0 Å². The lowest BCUT2D eigenvalue weighted by Gasteiger charge is -2.06. The summed E-state index contributed by atoms with van der Waals surface area (Å²) in [5.74, 6) is -0.732. The minimum absolute atomic E-state index is 0.0146. The molecule has 118 valence electrons. The summed E-state index contributed by atoms with van der Waals surface area (Å²) in [6.45, 7) is 2.03. The van der Waals surface area contributed by atoms with Gasteiger partial charge in [0.1, 0.15) is 17.1 Å². The second-order valence-electron chi connectivity index (χ2n) is 4.67. The number of para-hydroxylation sites is 1. The summed E-state index contributed by atoms with van der Waals surface area (Å²) >= 11 is 1.27. The van der Waals surface area contributed by atoms with Crippen LogP contribution in [0.5, 0.6) is 0 Å². The molecule has 0 saturated carbocycles. The van der Waals surface area contributed by atoms with Crippen molar-refractivity contribution in [1.29, 1.82) is 0 Å². The van der Waals surface area contributed by atoms with E-state index in [4.69, 9.17) is 4.74 Å². The van der Waals surface area contributed by atoms with E-state index in [9.17, 15) is 9.59 Å². The number of ether oxygens (including phenoxy) is 1. The molecular formula is C15H14N4O3S. The van der Waals surface area contributed by atoms with Crippen molar-refractivity contribution in [3.8, 4) is 0 Å². The molecule has 0 fully saturated rings. The first-order valence-corrected chi connectivity index (χ1v) is 7.89. The molecule has 2 heterocycles. The number of thiophene rings is 1. The summed E-state index contributed by atoms with van der Waals surface area (Å²) in [7, 11) is 0. The van der Waals surface area contributed by atoms with E-state index >= 15 is 0 Å². The number of aromatic nitrogens is 3. The minimum Gasteiger partial charge on any atom is -0.462 e. The Balaban J connectivity index is 1.73. The zero-order valence-electron chi connectivity index (χ0n) is 12.4. The SMILES string of the molecule is CCOC(=O)c1ccsc1NC(=O)Cn1nnc2ccccc21. The molecule has 8 heteroatoms. The van der Waals surface area contributed by atoms with Crippen molar-refractivity contribution in [3.05, 3.63) is 41.3 Å². The third-order valence-corrected chi connectivity index (χ3v) is 3.96. The van der Waals surface area contributed by atoms with Crippen molar-refractivity contribution in [2.75, 3.05) is 11.9 Å². The molecule has 7 nitrogen and oxygen atoms in total. The molecule has 1 N–H and O–H groups in total. The second-order valence-corrected chi connectivity index (χ2v) is 5.58. The molecule has 3 aromatic rings. The summed E-state index contributed by atoms with van der Waals surface area (Å²) in [5.41, 5.74) is 1.86. The molecule has 0 spiro atoms. The van der Waals surface area contributed by atoms with Crippen molar-refractivity contribution in [2.45, 2.75) is 13.5 Å². The molecule has 1 amide bonds. The van der Waals surface area contributed by atoms with E-state index in [1.807, 2.05) is 24.3 Å². The Morgan fingerprint density at radius 1 is 1.30 bits per heavy atom. The maximum absolute atomic E-state index is 12.2. The number of carbonyl (C=O) groups is 2. The molecule has 0 atom stereocenters. The number of carbonyl (C=O) groups excluding carboxylic acids is 2. The van der Waals surface area contributed by atoms with Gasteiger partial charge in [0.15, 0.2) is 0 Å². The number of hydrogen-bond donors (Lipinski definition) is 1. The molecule has 1 aromatic carbocycles. The zero-order valence-corrected chi connectivity index (χ0v) is 13.2. The molecular weight excluding hydrogens is 316 g/mol. The average Bonchev–Trinajstić information content (AvgIpc) is 3.15. The van der Waals surface area contributed by atoms with Crippen molar-refractivity contribution in [1.82, 2.24) is 15.0 Å². The third kappa shape index (κ3) is 3.21. The number of fused-ring (bicyclic) bond motifs is 1. The molecule has 0 bridgehead atoms.